The first-order chi connectivity index (χ1) is 14.2. The van der Waals surface area contributed by atoms with Crippen LogP contribution in [0.4, 0.5) is 0 Å². The molecular weight excluding hydrogens is 423 g/mol. The Morgan fingerprint density at radius 3 is 2.53 bits per heavy atom. The van der Waals surface area contributed by atoms with E-state index in [-0.39, 0.29) is 40.6 Å². The van der Waals surface area contributed by atoms with Gasteiger partial charge in [0.2, 0.25) is 0 Å². The van der Waals surface area contributed by atoms with Gasteiger partial charge in [0.15, 0.2) is 5.78 Å². The Morgan fingerprint density at radius 1 is 1.20 bits per heavy atom. The second-order valence-corrected chi connectivity index (χ2v) is 9.28. The third-order valence-corrected chi connectivity index (χ3v) is 6.06. The van der Waals surface area contributed by atoms with E-state index in [0.717, 1.165) is 16.9 Å². The molecule has 30 heavy (non-hydrogen) atoms. The lowest BCUT2D eigenvalue weighted by molar-refractivity contribution is -0.152. The number of carbonyl (C=O) groups is 2. The van der Waals surface area contributed by atoms with Crippen molar-refractivity contribution in [3.63, 3.8) is 0 Å². The van der Waals surface area contributed by atoms with Gasteiger partial charge in [0.05, 0.1) is 12.9 Å². The fraction of sp³-hybridized carbons (Fsp3) is 0.417. The quantitative estimate of drug-likeness (QED) is 0.361. The van der Waals surface area contributed by atoms with Crippen LogP contribution in [0.1, 0.15) is 37.7 Å². The maximum absolute atomic E-state index is 13.3. The molecule has 0 bridgehead atoms. The van der Waals surface area contributed by atoms with E-state index in [1.165, 1.54) is 0 Å². The van der Waals surface area contributed by atoms with Crippen molar-refractivity contribution in [2.75, 3.05) is 6.61 Å². The molecule has 160 valence electrons. The predicted octanol–water partition coefficient (Wildman–Crippen LogP) is 5.75. The highest BCUT2D eigenvalue weighted by molar-refractivity contribution is 6.55. The smallest absolute Gasteiger partial charge is 0.316 e. The first-order valence-electron chi connectivity index (χ1n) is 10.1. The molecule has 4 nitrogen and oxygen atoms in total. The molecule has 1 aliphatic rings. The Kier molecular flexibility index (Phi) is 7.10. The van der Waals surface area contributed by atoms with Crippen LogP contribution < -0.4 is 0 Å². The number of furan rings is 1. The minimum absolute atomic E-state index is 0.0927. The number of hydrogen-bond donors (Lipinski definition) is 0. The molecule has 3 atom stereocenters. The molecule has 2 aromatic rings. The molecular formula is C24H26Cl2O4. The standard InChI is InChI=1S/C24H26Cl2O4/c1-4-29-23(28)18(22(27)21-19(13-20(25)26)24(21,2)3)12-16-11-17(30-14-16)10-15-8-6-5-7-9-15/h5-9,11,13-14,18-19,21H,4,10,12H2,1-3H3/t18?,19-,21+/m1/s1. The van der Waals surface area contributed by atoms with Gasteiger partial charge < -0.3 is 9.15 Å². The first kappa shape index (κ1) is 22.6. The summed E-state index contributed by atoms with van der Waals surface area (Å²) in [5.41, 5.74) is 1.63. The molecule has 0 amide bonds. The molecule has 1 heterocycles. The van der Waals surface area contributed by atoms with E-state index in [2.05, 4.69) is 0 Å². The number of rotatable bonds is 9. The number of carbonyl (C=O) groups excluding carboxylic acids is 2. The van der Waals surface area contributed by atoms with Crippen LogP contribution in [0.2, 0.25) is 0 Å². The normalized spacial score (nSPS) is 20.3. The van der Waals surface area contributed by atoms with Gasteiger partial charge in [-0.25, -0.2) is 0 Å². The lowest BCUT2D eigenvalue weighted by Gasteiger charge is -2.14. The van der Waals surface area contributed by atoms with Gasteiger partial charge >= 0.3 is 5.97 Å². The third-order valence-electron chi connectivity index (χ3n) is 5.81. The van der Waals surface area contributed by atoms with E-state index in [0.29, 0.717) is 6.42 Å². The number of ketones is 1. The van der Waals surface area contributed by atoms with Crippen LogP contribution in [0.3, 0.4) is 0 Å². The first-order valence-corrected chi connectivity index (χ1v) is 10.8. The Hall–Kier alpha value is -2.04. The summed E-state index contributed by atoms with van der Waals surface area (Å²) in [6.45, 7) is 5.91. The molecule has 1 aliphatic carbocycles. The molecule has 6 heteroatoms. The van der Waals surface area contributed by atoms with Crippen LogP contribution in [0, 0.1) is 23.2 Å². The lowest BCUT2D eigenvalue weighted by atomic mass is 9.91. The third kappa shape index (κ3) is 5.16. The highest BCUT2D eigenvalue weighted by Crippen LogP contribution is 2.61. The van der Waals surface area contributed by atoms with Crippen LogP contribution in [0.25, 0.3) is 0 Å². The maximum atomic E-state index is 13.3. The van der Waals surface area contributed by atoms with Gasteiger partial charge in [-0.05, 0) is 47.9 Å². The highest BCUT2D eigenvalue weighted by Gasteiger charge is 2.62. The van der Waals surface area contributed by atoms with Gasteiger partial charge in [0.25, 0.3) is 0 Å². The number of hydrogen-bond acceptors (Lipinski definition) is 4. The number of benzene rings is 1. The van der Waals surface area contributed by atoms with Crippen molar-refractivity contribution in [3.8, 4) is 0 Å². The maximum Gasteiger partial charge on any atom is 0.316 e. The van der Waals surface area contributed by atoms with E-state index in [1.54, 1.807) is 19.3 Å². The number of ether oxygens (including phenoxy) is 1. The molecule has 0 spiro atoms. The minimum atomic E-state index is -0.885. The van der Waals surface area contributed by atoms with Crippen molar-refractivity contribution in [1.82, 2.24) is 0 Å². The van der Waals surface area contributed by atoms with Gasteiger partial charge in [0, 0.05) is 12.3 Å². The van der Waals surface area contributed by atoms with Crippen LogP contribution in [-0.4, -0.2) is 18.4 Å². The molecule has 1 aromatic carbocycles. The van der Waals surface area contributed by atoms with E-state index in [9.17, 15) is 9.59 Å². The van der Waals surface area contributed by atoms with Gasteiger partial charge in [-0.15, -0.1) is 0 Å². The monoisotopic (exact) mass is 448 g/mol. The van der Waals surface area contributed by atoms with E-state index < -0.39 is 11.9 Å². The molecule has 0 saturated heterocycles. The summed E-state index contributed by atoms with van der Waals surface area (Å²) in [6.07, 6.45) is 4.19. The zero-order chi connectivity index (χ0) is 21.9. The van der Waals surface area contributed by atoms with E-state index in [4.69, 9.17) is 32.4 Å². The number of allylic oxidation sites excluding steroid dienone is 1. The summed E-state index contributed by atoms with van der Waals surface area (Å²) in [5.74, 6) is -1.16. The Bertz CT molecular complexity index is 926. The van der Waals surface area contributed by atoms with Crippen LogP contribution in [0.15, 0.2) is 57.6 Å². The average Bonchev–Trinajstić information content (AvgIpc) is 3.00. The van der Waals surface area contributed by atoms with E-state index in [1.807, 2.05) is 50.2 Å². The van der Waals surface area contributed by atoms with Crippen LogP contribution in [0.5, 0.6) is 0 Å². The summed E-state index contributed by atoms with van der Waals surface area (Å²) in [7, 11) is 0. The van der Waals surface area contributed by atoms with Crippen LogP contribution in [-0.2, 0) is 27.2 Å². The van der Waals surface area contributed by atoms with Crippen molar-refractivity contribution in [1.29, 1.82) is 0 Å². The summed E-state index contributed by atoms with van der Waals surface area (Å²) in [6, 6.07) is 11.9. The van der Waals surface area contributed by atoms with Crippen molar-refractivity contribution >= 4 is 35.0 Å². The summed E-state index contributed by atoms with van der Waals surface area (Å²) in [5, 5.41) is 0. The SMILES string of the molecule is CCOC(=O)C(Cc1coc(Cc2ccccc2)c1)C(=O)[C@@H]1[C@@H](C=C(Cl)Cl)C1(C)C. The Morgan fingerprint density at radius 2 is 1.90 bits per heavy atom. The Labute approximate surface area is 187 Å². The van der Waals surface area contributed by atoms with Gasteiger partial charge in [0.1, 0.15) is 16.2 Å². The zero-order valence-electron chi connectivity index (χ0n) is 17.4. The molecule has 0 aliphatic heterocycles. The summed E-state index contributed by atoms with van der Waals surface area (Å²) >= 11 is 11.6. The van der Waals surface area contributed by atoms with Crippen molar-refractivity contribution in [2.24, 2.45) is 23.2 Å². The molecule has 3 rings (SSSR count). The second kappa shape index (κ2) is 9.40. The van der Waals surface area contributed by atoms with Crippen LogP contribution >= 0.6 is 23.2 Å². The molecule has 1 fully saturated rings. The fourth-order valence-electron chi connectivity index (χ4n) is 4.09. The summed E-state index contributed by atoms with van der Waals surface area (Å²) < 4.78 is 11.0. The van der Waals surface area contributed by atoms with E-state index >= 15 is 0 Å². The molecule has 1 saturated carbocycles. The fourth-order valence-corrected chi connectivity index (χ4v) is 4.36. The molecule has 1 aromatic heterocycles. The average molecular weight is 449 g/mol. The zero-order valence-corrected chi connectivity index (χ0v) is 18.9. The van der Waals surface area contributed by atoms with Crippen molar-refractivity contribution in [3.05, 3.63) is 70.1 Å². The van der Waals surface area contributed by atoms with Gasteiger partial charge in [-0.3, -0.25) is 9.59 Å². The second-order valence-electron chi connectivity index (χ2n) is 8.28. The van der Waals surface area contributed by atoms with Crippen molar-refractivity contribution in [2.45, 2.75) is 33.6 Å². The summed E-state index contributed by atoms with van der Waals surface area (Å²) in [4.78, 5) is 25.9. The number of Topliss-reactive ketones (excluding diaryl/α,β-unsaturated/α-hetero) is 1. The van der Waals surface area contributed by atoms with Crippen molar-refractivity contribution < 1.29 is 18.7 Å². The lowest BCUT2D eigenvalue weighted by Crippen LogP contribution is -2.30. The van der Waals surface area contributed by atoms with Gasteiger partial charge in [-0.1, -0.05) is 67.4 Å². The Balaban J connectivity index is 1.76. The topological polar surface area (TPSA) is 56.5 Å². The number of halogens is 2. The molecule has 1 unspecified atom stereocenters. The molecule has 0 radical (unpaired) electrons. The highest BCUT2D eigenvalue weighted by atomic mass is 35.5. The number of esters is 1. The largest absolute Gasteiger partial charge is 0.469 e. The predicted molar refractivity (Wildman–Crippen MR) is 117 cm³/mol. The minimum Gasteiger partial charge on any atom is -0.469 e. The molecule has 0 N–H and O–H groups in total. The van der Waals surface area contributed by atoms with Gasteiger partial charge in [-0.2, -0.15) is 0 Å².